The molecule has 2 fully saturated rings. The molecule has 1 saturated carbocycles. The normalized spacial score (nSPS) is 28.2. The van der Waals surface area contributed by atoms with Gasteiger partial charge in [0.15, 0.2) is 0 Å². The van der Waals surface area contributed by atoms with Crippen molar-refractivity contribution < 1.29 is 4.79 Å². The van der Waals surface area contributed by atoms with E-state index < -0.39 is 0 Å². The molecule has 1 heterocycles. The van der Waals surface area contributed by atoms with Crippen LogP contribution >= 0.6 is 12.4 Å². The Morgan fingerprint density at radius 2 is 1.88 bits per heavy atom. The minimum Gasteiger partial charge on any atom is -0.338 e. The Bertz CT molecular complexity index is 266. The maximum Gasteiger partial charge on any atom is 0.225 e. The highest BCUT2D eigenvalue weighted by molar-refractivity contribution is 5.85. The number of likely N-dealkylation sites (tertiary alicyclic amines) is 1. The molecule has 17 heavy (non-hydrogen) atoms. The molecule has 0 aromatic carbocycles. The lowest BCUT2D eigenvalue weighted by atomic mass is 9.94. The molecule has 1 amide bonds. The van der Waals surface area contributed by atoms with E-state index in [9.17, 15) is 4.79 Å². The fourth-order valence-corrected chi connectivity index (χ4v) is 2.84. The third kappa shape index (κ3) is 3.35. The Kier molecular flexibility index (Phi) is 5.26. The Hall–Kier alpha value is -0.280. The van der Waals surface area contributed by atoms with Crippen molar-refractivity contribution in [3.63, 3.8) is 0 Å². The molecule has 2 aliphatic rings. The summed E-state index contributed by atoms with van der Waals surface area (Å²) < 4.78 is 0. The summed E-state index contributed by atoms with van der Waals surface area (Å²) in [6.07, 6.45) is 5.92. The van der Waals surface area contributed by atoms with E-state index in [-0.39, 0.29) is 30.4 Å². The van der Waals surface area contributed by atoms with Crippen LogP contribution in [0.4, 0.5) is 0 Å². The predicted molar refractivity (Wildman–Crippen MR) is 72.1 cm³/mol. The van der Waals surface area contributed by atoms with Crippen molar-refractivity contribution >= 4 is 18.3 Å². The van der Waals surface area contributed by atoms with Crippen LogP contribution in [0.1, 0.15) is 46.0 Å². The Balaban J connectivity index is 0.00000144. The number of hydrogen-bond acceptors (Lipinski definition) is 2. The minimum absolute atomic E-state index is 0. The first-order chi connectivity index (χ1) is 7.61. The largest absolute Gasteiger partial charge is 0.338 e. The summed E-state index contributed by atoms with van der Waals surface area (Å²) in [5.41, 5.74) is 5.99. The molecule has 0 aromatic heterocycles. The van der Waals surface area contributed by atoms with Gasteiger partial charge in [0, 0.05) is 24.5 Å². The molecule has 3 atom stereocenters. The molecule has 1 saturated heterocycles. The zero-order chi connectivity index (χ0) is 11.7. The lowest BCUT2D eigenvalue weighted by molar-refractivity contribution is -0.139. The molecule has 0 aromatic rings. The van der Waals surface area contributed by atoms with Crippen molar-refractivity contribution in [1.29, 1.82) is 0 Å². The fourth-order valence-electron chi connectivity index (χ4n) is 2.84. The van der Waals surface area contributed by atoms with Crippen LogP contribution in [-0.4, -0.2) is 29.4 Å². The van der Waals surface area contributed by atoms with Gasteiger partial charge in [-0.05, 0) is 44.9 Å². The average Bonchev–Trinajstić information content (AvgIpc) is 3.11. The van der Waals surface area contributed by atoms with Crippen molar-refractivity contribution in [1.82, 2.24) is 4.90 Å². The highest BCUT2D eigenvalue weighted by atomic mass is 35.5. The maximum atomic E-state index is 12.4. The molecule has 2 N–H and O–H groups in total. The van der Waals surface area contributed by atoms with E-state index in [1.165, 1.54) is 19.3 Å². The molecule has 0 bridgehead atoms. The number of nitrogens with zero attached hydrogens (tertiary/aromatic N) is 1. The molecular formula is C13H25ClN2O. The van der Waals surface area contributed by atoms with Crippen LogP contribution in [0, 0.1) is 11.8 Å². The highest BCUT2D eigenvalue weighted by Gasteiger charge is 2.38. The average molecular weight is 261 g/mol. The van der Waals surface area contributed by atoms with Crippen molar-refractivity contribution in [2.24, 2.45) is 17.6 Å². The number of halogens is 1. The van der Waals surface area contributed by atoms with Crippen LogP contribution in [0.3, 0.4) is 0 Å². The molecular weight excluding hydrogens is 236 g/mol. The number of carbonyl (C=O) groups is 1. The molecule has 4 heteroatoms. The maximum absolute atomic E-state index is 12.4. The molecule has 0 radical (unpaired) electrons. The van der Waals surface area contributed by atoms with E-state index >= 15 is 0 Å². The zero-order valence-electron chi connectivity index (χ0n) is 10.9. The third-order valence-electron chi connectivity index (χ3n) is 4.16. The van der Waals surface area contributed by atoms with Gasteiger partial charge in [-0.2, -0.15) is 0 Å². The van der Waals surface area contributed by atoms with Gasteiger partial charge in [0.2, 0.25) is 5.91 Å². The molecule has 0 spiro atoms. The number of amides is 1. The summed E-state index contributed by atoms with van der Waals surface area (Å²) in [6.45, 7) is 5.03. The highest BCUT2D eigenvalue weighted by Crippen LogP contribution is 2.38. The smallest absolute Gasteiger partial charge is 0.225 e. The van der Waals surface area contributed by atoms with Gasteiger partial charge >= 0.3 is 0 Å². The lowest BCUT2D eigenvalue weighted by Crippen LogP contribution is -2.53. The molecule has 3 nitrogen and oxygen atoms in total. The second kappa shape index (κ2) is 6.05. The minimum atomic E-state index is 0. The first-order valence-electron chi connectivity index (χ1n) is 6.67. The standard InChI is InChI=1S/C13H24N2O.ClH/c1-9(11-6-7-11)13(16)15-8-4-3-5-12(15)10(2)14;/h9-12H,3-8,14H2,1-2H3;1H. The number of rotatable bonds is 3. The molecule has 100 valence electrons. The number of carbonyl (C=O) groups excluding carboxylic acids is 1. The van der Waals surface area contributed by atoms with E-state index in [4.69, 9.17) is 5.73 Å². The predicted octanol–water partition coefficient (Wildman–Crippen LogP) is 2.18. The van der Waals surface area contributed by atoms with E-state index in [0.717, 1.165) is 19.4 Å². The van der Waals surface area contributed by atoms with Crippen molar-refractivity contribution in [3.05, 3.63) is 0 Å². The second-order valence-electron chi connectivity index (χ2n) is 5.58. The van der Waals surface area contributed by atoms with E-state index in [2.05, 4.69) is 11.8 Å². The summed E-state index contributed by atoms with van der Waals surface area (Å²) >= 11 is 0. The molecule has 3 unspecified atom stereocenters. The van der Waals surface area contributed by atoms with Gasteiger partial charge in [0.05, 0.1) is 0 Å². The van der Waals surface area contributed by atoms with Gasteiger partial charge in [0.25, 0.3) is 0 Å². The topological polar surface area (TPSA) is 46.3 Å². The Labute approximate surface area is 111 Å². The number of nitrogens with two attached hydrogens (primary N) is 1. The van der Waals surface area contributed by atoms with Crippen LogP contribution in [-0.2, 0) is 4.79 Å². The van der Waals surface area contributed by atoms with Crippen molar-refractivity contribution in [3.8, 4) is 0 Å². The lowest BCUT2D eigenvalue weighted by Gasteiger charge is -2.39. The van der Waals surface area contributed by atoms with Crippen LogP contribution in [0.15, 0.2) is 0 Å². The van der Waals surface area contributed by atoms with Crippen LogP contribution in [0.5, 0.6) is 0 Å². The summed E-state index contributed by atoms with van der Waals surface area (Å²) in [5.74, 6) is 1.23. The number of piperidine rings is 1. The Morgan fingerprint density at radius 3 is 2.41 bits per heavy atom. The number of hydrogen-bond donors (Lipinski definition) is 1. The summed E-state index contributed by atoms with van der Waals surface area (Å²) in [7, 11) is 0. The summed E-state index contributed by atoms with van der Waals surface area (Å²) in [6, 6.07) is 0.387. The summed E-state index contributed by atoms with van der Waals surface area (Å²) in [4.78, 5) is 14.4. The molecule has 1 aliphatic carbocycles. The molecule has 2 rings (SSSR count). The molecule has 1 aliphatic heterocycles. The van der Waals surface area contributed by atoms with Gasteiger partial charge in [-0.1, -0.05) is 6.92 Å². The van der Waals surface area contributed by atoms with Gasteiger partial charge < -0.3 is 10.6 Å². The monoisotopic (exact) mass is 260 g/mol. The van der Waals surface area contributed by atoms with E-state index in [1.54, 1.807) is 0 Å². The fraction of sp³-hybridized carbons (Fsp3) is 0.923. The van der Waals surface area contributed by atoms with E-state index in [0.29, 0.717) is 11.8 Å². The first-order valence-corrected chi connectivity index (χ1v) is 6.67. The third-order valence-corrected chi connectivity index (χ3v) is 4.16. The Morgan fingerprint density at radius 1 is 1.24 bits per heavy atom. The van der Waals surface area contributed by atoms with Crippen LogP contribution < -0.4 is 5.73 Å². The van der Waals surface area contributed by atoms with Gasteiger partial charge in [-0.25, -0.2) is 0 Å². The zero-order valence-corrected chi connectivity index (χ0v) is 11.7. The van der Waals surface area contributed by atoms with E-state index in [1.807, 2.05) is 6.92 Å². The van der Waals surface area contributed by atoms with Gasteiger partial charge in [-0.3, -0.25) is 4.79 Å². The quantitative estimate of drug-likeness (QED) is 0.846. The van der Waals surface area contributed by atoms with Crippen molar-refractivity contribution in [2.45, 2.75) is 58.0 Å². The second-order valence-corrected chi connectivity index (χ2v) is 5.58. The van der Waals surface area contributed by atoms with Crippen LogP contribution in [0.2, 0.25) is 0 Å². The first kappa shape index (κ1) is 14.8. The van der Waals surface area contributed by atoms with Crippen molar-refractivity contribution in [2.75, 3.05) is 6.54 Å². The van der Waals surface area contributed by atoms with Gasteiger partial charge in [-0.15, -0.1) is 12.4 Å². The summed E-state index contributed by atoms with van der Waals surface area (Å²) in [5, 5.41) is 0. The van der Waals surface area contributed by atoms with Gasteiger partial charge in [0.1, 0.15) is 0 Å². The SMILES string of the molecule is CC(N)C1CCCCN1C(=O)C(C)C1CC1.Cl. The van der Waals surface area contributed by atoms with Crippen LogP contribution in [0.25, 0.3) is 0 Å².